The van der Waals surface area contributed by atoms with Gasteiger partial charge >= 0.3 is 51.4 Å². The summed E-state index contributed by atoms with van der Waals surface area (Å²) in [7, 11) is 0. The van der Waals surface area contributed by atoms with Crippen molar-refractivity contribution in [1.82, 2.24) is 9.97 Å². The van der Waals surface area contributed by atoms with Gasteiger partial charge in [-0.15, -0.1) is 6.20 Å². The first-order chi connectivity index (χ1) is 3.39. The molecule has 0 aliphatic rings. The van der Waals surface area contributed by atoms with Gasteiger partial charge in [0.05, 0.1) is 5.82 Å². The molecule has 0 fully saturated rings. The minimum Gasteiger partial charge on any atom is -0.454 e. The third-order valence-corrected chi connectivity index (χ3v) is 0.543. The van der Waals surface area contributed by atoms with Gasteiger partial charge in [-0.1, -0.05) is 6.20 Å². The zero-order valence-electron chi connectivity index (χ0n) is 4.63. The molecule has 3 nitrogen and oxygen atoms in total. The second kappa shape index (κ2) is 4.40. The number of hydrogen-bond donors (Lipinski definition) is 1. The van der Waals surface area contributed by atoms with E-state index in [1.807, 2.05) is 0 Å². The van der Waals surface area contributed by atoms with Gasteiger partial charge in [0.2, 0.25) is 0 Å². The molecule has 1 heterocycles. The first-order valence-electron chi connectivity index (χ1n) is 1.83. The van der Waals surface area contributed by atoms with Crippen LogP contribution in [-0.4, -0.2) is 9.97 Å². The van der Waals surface area contributed by atoms with Crippen LogP contribution >= 0.6 is 0 Å². The van der Waals surface area contributed by atoms with E-state index in [9.17, 15) is 0 Å². The average Bonchev–Trinajstić information content (AvgIpc) is 1.69. The van der Waals surface area contributed by atoms with Gasteiger partial charge in [0.15, 0.2) is 0 Å². The Hall–Kier alpha value is 0.516. The molecule has 0 atom stereocenters. The third-order valence-electron chi connectivity index (χ3n) is 0.543. The van der Waals surface area contributed by atoms with Gasteiger partial charge in [-0.2, -0.15) is 0 Å². The molecule has 0 bridgehead atoms. The van der Waals surface area contributed by atoms with Crippen molar-refractivity contribution in [2.45, 2.75) is 0 Å². The average molecular weight is 133 g/mol. The maximum absolute atomic E-state index is 5.16. The van der Waals surface area contributed by atoms with Crippen molar-refractivity contribution in [3.05, 3.63) is 18.6 Å². The van der Waals surface area contributed by atoms with E-state index in [0.29, 0.717) is 5.82 Å². The topological polar surface area (TPSA) is 51.8 Å². The van der Waals surface area contributed by atoms with Gasteiger partial charge < -0.3 is 10.7 Å². The van der Waals surface area contributed by atoms with E-state index in [1.165, 1.54) is 12.4 Å². The summed E-state index contributed by atoms with van der Waals surface area (Å²) in [6.07, 6.45) is 5.36. The summed E-state index contributed by atoms with van der Waals surface area (Å²) in [6.45, 7) is 0. The number of nitrogens with two attached hydrogens (primary N) is 1. The summed E-state index contributed by atoms with van der Waals surface area (Å²) in [5.41, 5.74) is 5.16. The predicted molar refractivity (Wildman–Crippen MR) is 25.3 cm³/mol. The SMILES string of the molecule is Nc1cn[c-]cn1.[K+]. The van der Waals surface area contributed by atoms with Crippen molar-refractivity contribution in [3.8, 4) is 0 Å². The molecule has 4 heteroatoms. The van der Waals surface area contributed by atoms with Crippen molar-refractivity contribution in [2.75, 3.05) is 5.73 Å². The van der Waals surface area contributed by atoms with Crippen LogP contribution in [-0.2, 0) is 0 Å². The number of nitrogens with zero attached hydrogens (tertiary/aromatic N) is 2. The first kappa shape index (κ1) is 8.52. The molecule has 8 heavy (non-hydrogen) atoms. The van der Waals surface area contributed by atoms with Crippen molar-refractivity contribution in [1.29, 1.82) is 0 Å². The molecule has 0 saturated carbocycles. The van der Waals surface area contributed by atoms with E-state index >= 15 is 0 Å². The molecule has 0 radical (unpaired) electrons. The summed E-state index contributed by atoms with van der Waals surface area (Å²) < 4.78 is 0. The van der Waals surface area contributed by atoms with Crippen LogP contribution in [0.2, 0.25) is 0 Å². The molecular weight excluding hydrogens is 129 g/mol. The number of rotatable bonds is 0. The van der Waals surface area contributed by atoms with Crippen molar-refractivity contribution in [2.24, 2.45) is 0 Å². The van der Waals surface area contributed by atoms with Crippen LogP contribution in [0.4, 0.5) is 5.82 Å². The largest absolute Gasteiger partial charge is 1.00 e. The Bertz CT molecular complexity index is 141. The Morgan fingerprint density at radius 3 is 2.62 bits per heavy atom. The summed E-state index contributed by atoms with van der Waals surface area (Å²) in [5.74, 6) is 0.429. The van der Waals surface area contributed by atoms with Crippen LogP contribution in [0.5, 0.6) is 0 Å². The molecule has 0 aliphatic carbocycles. The summed E-state index contributed by atoms with van der Waals surface area (Å²) in [4.78, 5) is 7.21. The second-order valence-corrected chi connectivity index (χ2v) is 1.07. The molecule has 0 unspecified atom stereocenters. The van der Waals surface area contributed by atoms with E-state index in [1.54, 1.807) is 0 Å². The molecule has 0 saturated heterocycles. The fourth-order valence-corrected chi connectivity index (χ4v) is 0.273. The van der Waals surface area contributed by atoms with E-state index < -0.39 is 0 Å². The van der Waals surface area contributed by atoms with Gasteiger partial charge in [-0.05, 0) is 6.20 Å². The fraction of sp³-hybridized carbons (Fsp3) is 0. The minimum atomic E-state index is 0. The second-order valence-electron chi connectivity index (χ2n) is 1.07. The summed E-state index contributed by atoms with van der Waals surface area (Å²) in [5, 5.41) is 0. The van der Waals surface area contributed by atoms with E-state index in [2.05, 4.69) is 16.2 Å². The van der Waals surface area contributed by atoms with E-state index in [4.69, 9.17) is 5.73 Å². The van der Waals surface area contributed by atoms with Crippen LogP contribution < -0.4 is 57.1 Å². The molecule has 36 valence electrons. The monoisotopic (exact) mass is 133 g/mol. The van der Waals surface area contributed by atoms with Crippen LogP contribution in [0.25, 0.3) is 0 Å². The van der Waals surface area contributed by atoms with Crippen LogP contribution in [0, 0.1) is 6.20 Å². The van der Waals surface area contributed by atoms with E-state index in [0.717, 1.165) is 0 Å². The van der Waals surface area contributed by atoms with Crippen LogP contribution in [0.1, 0.15) is 0 Å². The number of anilines is 1. The molecule has 1 rings (SSSR count). The van der Waals surface area contributed by atoms with Gasteiger partial charge in [0, 0.05) is 0 Å². The van der Waals surface area contributed by atoms with Gasteiger partial charge in [0.1, 0.15) is 0 Å². The Morgan fingerprint density at radius 2 is 2.38 bits per heavy atom. The minimum absolute atomic E-state index is 0. The van der Waals surface area contributed by atoms with Gasteiger partial charge in [-0.25, -0.2) is 0 Å². The zero-order valence-corrected chi connectivity index (χ0v) is 7.75. The summed E-state index contributed by atoms with van der Waals surface area (Å²) >= 11 is 0. The van der Waals surface area contributed by atoms with Gasteiger partial charge in [-0.3, -0.25) is 4.98 Å². The number of hydrogen-bond acceptors (Lipinski definition) is 3. The predicted octanol–water partition coefficient (Wildman–Crippen LogP) is -3.14. The quantitative estimate of drug-likeness (QED) is 0.300. The van der Waals surface area contributed by atoms with Crippen molar-refractivity contribution in [3.63, 3.8) is 0 Å². The molecule has 0 aliphatic heterocycles. The maximum Gasteiger partial charge on any atom is 1.00 e. The fourth-order valence-electron chi connectivity index (χ4n) is 0.273. The Labute approximate surface area is 90.1 Å². The van der Waals surface area contributed by atoms with Crippen LogP contribution in [0.15, 0.2) is 12.4 Å². The standard InChI is InChI=1S/C4H4N3.K/c5-4-3-6-1-2-7-4;/h2-3H,(H2,5,7);/q-1;+1. The Balaban J connectivity index is 0.000000490. The number of aromatic nitrogens is 2. The maximum atomic E-state index is 5.16. The smallest absolute Gasteiger partial charge is 0.454 e. The normalized spacial score (nSPS) is 7.50. The molecule has 0 aromatic carbocycles. The first-order valence-corrected chi connectivity index (χ1v) is 1.83. The third kappa shape index (κ3) is 2.73. The molecule has 0 amide bonds. The van der Waals surface area contributed by atoms with Crippen LogP contribution in [0.3, 0.4) is 0 Å². The molecule has 1 aromatic heterocycles. The Morgan fingerprint density at radius 1 is 1.62 bits per heavy atom. The number of nitrogen functional groups attached to an aromatic ring is 1. The Kier molecular flexibility index (Phi) is 4.68. The summed E-state index contributed by atoms with van der Waals surface area (Å²) in [6, 6.07) is 0. The molecule has 0 spiro atoms. The van der Waals surface area contributed by atoms with E-state index in [-0.39, 0.29) is 51.4 Å². The van der Waals surface area contributed by atoms with Crippen molar-refractivity contribution < 1.29 is 51.4 Å². The molecule has 2 N–H and O–H groups in total. The van der Waals surface area contributed by atoms with Gasteiger partial charge in [0.25, 0.3) is 0 Å². The van der Waals surface area contributed by atoms with Crippen molar-refractivity contribution >= 4 is 5.82 Å². The zero-order chi connectivity index (χ0) is 5.11. The molecular formula is C4H4KN3. The molecule has 1 aromatic rings.